The van der Waals surface area contributed by atoms with Gasteiger partial charge in [0.05, 0.1) is 5.92 Å². The molecule has 2 heterocycles. The van der Waals surface area contributed by atoms with Gasteiger partial charge < -0.3 is 15.0 Å². The number of carboxylic acid groups (broad SMARTS) is 1. The third kappa shape index (κ3) is 4.11. The number of carbonyl (C=O) groups excluding carboxylic acids is 1. The number of nitrogens with zero attached hydrogens (tertiary/aromatic N) is 1. The van der Waals surface area contributed by atoms with Crippen molar-refractivity contribution in [2.24, 2.45) is 11.8 Å². The van der Waals surface area contributed by atoms with Crippen LogP contribution in [0.5, 0.6) is 0 Å². The van der Waals surface area contributed by atoms with Crippen LogP contribution in [-0.4, -0.2) is 39.5 Å². The van der Waals surface area contributed by atoms with Crippen LogP contribution in [-0.2, 0) is 9.59 Å². The number of nitrogens with one attached hydrogen (secondary N) is 1. The van der Waals surface area contributed by atoms with Gasteiger partial charge in [0.2, 0.25) is 5.91 Å². The van der Waals surface area contributed by atoms with Crippen LogP contribution >= 0.6 is 0 Å². The van der Waals surface area contributed by atoms with Crippen LogP contribution < -0.4 is 0 Å². The third-order valence-electron chi connectivity index (χ3n) is 7.88. The first-order valence-corrected chi connectivity index (χ1v) is 12.2. The fourth-order valence-corrected chi connectivity index (χ4v) is 6.30. The van der Waals surface area contributed by atoms with Crippen LogP contribution in [0.4, 0.5) is 4.39 Å². The summed E-state index contributed by atoms with van der Waals surface area (Å²) in [5.74, 6) is -1.53. The fourth-order valence-electron chi connectivity index (χ4n) is 6.30. The molecule has 1 saturated heterocycles. The Hall–Kier alpha value is -2.89. The van der Waals surface area contributed by atoms with Gasteiger partial charge in [-0.05, 0) is 61.3 Å². The van der Waals surface area contributed by atoms with Crippen molar-refractivity contribution in [1.29, 1.82) is 0 Å². The summed E-state index contributed by atoms with van der Waals surface area (Å²) in [6, 6.07) is 5.01. The maximum absolute atomic E-state index is 14.8. The molecule has 2 fully saturated rings. The largest absolute Gasteiger partial charge is 0.481 e. The number of hydrogen-bond donors (Lipinski definition) is 2. The van der Waals surface area contributed by atoms with Gasteiger partial charge in [0, 0.05) is 42.0 Å². The minimum absolute atomic E-state index is 0.00247. The molecule has 0 spiro atoms. The predicted molar refractivity (Wildman–Crippen MR) is 125 cm³/mol. The lowest BCUT2D eigenvalue weighted by Gasteiger charge is -2.47. The monoisotopic (exact) mass is 450 g/mol. The zero-order valence-electron chi connectivity index (χ0n) is 18.8. The van der Waals surface area contributed by atoms with Crippen LogP contribution in [0.1, 0.15) is 62.8 Å². The van der Waals surface area contributed by atoms with Gasteiger partial charge in [-0.1, -0.05) is 37.1 Å². The average Bonchev–Trinajstić information content (AvgIpc) is 3.27. The zero-order chi connectivity index (χ0) is 22.9. The smallest absolute Gasteiger partial charge is 0.306 e. The average molecular weight is 451 g/mol. The van der Waals surface area contributed by atoms with E-state index in [2.05, 4.69) is 23.2 Å². The van der Waals surface area contributed by atoms with Crippen LogP contribution in [0.25, 0.3) is 10.9 Å². The number of hydrogen-bond acceptors (Lipinski definition) is 2. The molecular weight excluding hydrogens is 419 g/mol. The number of piperidine rings is 1. The molecule has 2 N–H and O–H groups in total. The number of likely N-dealkylation sites (tertiary alicyclic amines) is 1. The molecule has 1 amide bonds. The Morgan fingerprint density at radius 2 is 2.03 bits per heavy atom. The Kier molecular flexibility index (Phi) is 6.09. The highest BCUT2D eigenvalue weighted by molar-refractivity contribution is 5.87. The van der Waals surface area contributed by atoms with Crippen molar-refractivity contribution in [3.63, 3.8) is 0 Å². The van der Waals surface area contributed by atoms with Crippen molar-refractivity contribution >= 4 is 22.8 Å². The second-order valence-corrected chi connectivity index (χ2v) is 9.68. The lowest BCUT2D eigenvalue weighted by Crippen LogP contribution is -2.54. The highest BCUT2D eigenvalue weighted by Crippen LogP contribution is 2.42. The summed E-state index contributed by atoms with van der Waals surface area (Å²) < 4.78 is 14.8. The molecule has 1 aromatic carbocycles. The first-order chi connectivity index (χ1) is 16.0. The summed E-state index contributed by atoms with van der Waals surface area (Å²) in [6.45, 7) is 0.487. The number of aliphatic carboxylic acids is 1. The van der Waals surface area contributed by atoms with Crippen LogP contribution in [0.3, 0.4) is 0 Å². The van der Waals surface area contributed by atoms with E-state index in [0.717, 1.165) is 55.2 Å². The van der Waals surface area contributed by atoms with Gasteiger partial charge in [-0.15, -0.1) is 0 Å². The number of halogens is 1. The second kappa shape index (κ2) is 9.16. The number of carbonyl (C=O) groups is 2. The van der Waals surface area contributed by atoms with Crippen LogP contribution in [0, 0.1) is 17.7 Å². The molecule has 4 unspecified atom stereocenters. The van der Waals surface area contributed by atoms with Crippen molar-refractivity contribution in [2.45, 2.75) is 63.3 Å². The Morgan fingerprint density at radius 3 is 2.82 bits per heavy atom. The quantitative estimate of drug-likeness (QED) is 0.627. The summed E-state index contributed by atoms with van der Waals surface area (Å²) >= 11 is 0. The Morgan fingerprint density at radius 1 is 1.18 bits per heavy atom. The fraction of sp³-hybridized carbons (Fsp3) is 0.481. The summed E-state index contributed by atoms with van der Waals surface area (Å²) in [5, 5.41) is 10.3. The van der Waals surface area contributed by atoms with Crippen molar-refractivity contribution in [2.75, 3.05) is 6.54 Å². The molecule has 5 nitrogen and oxygen atoms in total. The van der Waals surface area contributed by atoms with Crippen molar-refractivity contribution in [1.82, 2.24) is 9.88 Å². The second-order valence-electron chi connectivity index (χ2n) is 9.68. The van der Waals surface area contributed by atoms with E-state index in [9.17, 15) is 19.1 Å². The highest BCUT2D eigenvalue weighted by Gasteiger charge is 2.44. The van der Waals surface area contributed by atoms with Gasteiger partial charge in [0.25, 0.3) is 0 Å². The number of benzene rings is 1. The maximum atomic E-state index is 14.8. The topological polar surface area (TPSA) is 73.4 Å². The summed E-state index contributed by atoms with van der Waals surface area (Å²) in [4.78, 5) is 30.7. The van der Waals surface area contributed by atoms with E-state index < -0.39 is 5.97 Å². The van der Waals surface area contributed by atoms with Crippen molar-refractivity contribution < 1.29 is 19.1 Å². The molecule has 1 aliphatic heterocycles. The molecule has 1 aromatic heterocycles. The molecule has 2 aliphatic carbocycles. The van der Waals surface area contributed by atoms with E-state index >= 15 is 0 Å². The number of carboxylic acids is 1. The summed E-state index contributed by atoms with van der Waals surface area (Å²) in [6.07, 6.45) is 14.7. The molecule has 2 aromatic rings. The lowest BCUT2D eigenvalue weighted by molar-refractivity contribution is -0.153. The van der Waals surface area contributed by atoms with E-state index in [1.165, 1.54) is 6.07 Å². The molecule has 5 rings (SSSR count). The van der Waals surface area contributed by atoms with Gasteiger partial charge in [0.15, 0.2) is 0 Å². The number of aromatic amines is 1. The van der Waals surface area contributed by atoms with Gasteiger partial charge in [0.1, 0.15) is 5.82 Å². The number of rotatable bonds is 5. The van der Waals surface area contributed by atoms with E-state index in [-0.39, 0.29) is 41.9 Å². The number of aromatic nitrogens is 1. The number of fused-ring (bicyclic) bond motifs is 2. The minimum atomic E-state index is -0.733. The van der Waals surface area contributed by atoms with Gasteiger partial charge in [-0.25, -0.2) is 4.39 Å². The molecule has 0 radical (unpaired) electrons. The Bertz CT molecular complexity index is 1120. The molecular formula is C27H31FN2O3. The summed E-state index contributed by atoms with van der Waals surface area (Å²) in [7, 11) is 0. The predicted octanol–water partition coefficient (Wildman–Crippen LogP) is 5.55. The molecule has 6 heteroatoms. The molecule has 0 bridgehead atoms. The van der Waals surface area contributed by atoms with E-state index in [1.807, 2.05) is 17.2 Å². The molecule has 174 valence electrons. The minimum Gasteiger partial charge on any atom is -0.481 e. The van der Waals surface area contributed by atoms with Gasteiger partial charge >= 0.3 is 5.97 Å². The lowest BCUT2D eigenvalue weighted by atomic mass is 9.71. The third-order valence-corrected chi connectivity index (χ3v) is 7.88. The van der Waals surface area contributed by atoms with Crippen LogP contribution in [0.2, 0.25) is 0 Å². The van der Waals surface area contributed by atoms with Crippen molar-refractivity contribution in [3.8, 4) is 0 Å². The molecule has 4 atom stereocenters. The normalized spacial score (nSPS) is 26.0. The zero-order valence-corrected chi connectivity index (χ0v) is 18.8. The van der Waals surface area contributed by atoms with E-state index in [4.69, 9.17) is 0 Å². The van der Waals surface area contributed by atoms with Gasteiger partial charge in [-0.2, -0.15) is 0 Å². The van der Waals surface area contributed by atoms with Crippen molar-refractivity contribution in [3.05, 3.63) is 59.6 Å². The summed E-state index contributed by atoms with van der Waals surface area (Å²) in [5.41, 5.74) is 2.60. The number of H-pyrrole nitrogens is 1. The molecule has 33 heavy (non-hydrogen) atoms. The van der Waals surface area contributed by atoms with E-state index in [0.29, 0.717) is 18.4 Å². The highest BCUT2D eigenvalue weighted by atomic mass is 19.1. The standard InChI is InChI=1S/C27H31FN2O3/c28-22-10-6-11-23-26(22)21(16-29-23)20(17-7-2-1-3-8-17)15-25(31)30-14-13-19(27(32)33)18-9-4-5-12-24(18)30/h2,6-8,10-11,16,18-20,24,29H,1,3-5,9,12-15H2,(H,32,33). The number of amides is 1. The van der Waals surface area contributed by atoms with Crippen LogP contribution in [0.15, 0.2) is 48.2 Å². The maximum Gasteiger partial charge on any atom is 0.306 e. The first-order valence-electron chi connectivity index (χ1n) is 12.2. The molecule has 3 aliphatic rings. The Labute approximate surface area is 193 Å². The van der Waals surface area contributed by atoms with E-state index in [1.54, 1.807) is 6.07 Å². The Balaban J connectivity index is 1.46. The first kappa shape index (κ1) is 21.9. The molecule has 1 saturated carbocycles. The van der Waals surface area contributed by atoms with Gasteiger partial charge in [-0.3, -0.25) is 9.59 Å². The SMILES string of the molecule is O=C(O)C1CCN(C(=O)CC(C2=CCCC=C2)c2c[nH]c3cccc(F)c23)C2CCCCC12. The number of allylic oxidation sites excluding steroid dienone is 4.